The fraction of sp³-hybridized carbons (Fsp3) is 0.300. The van der Waals surface area contributed by atoms with E-state index in [1.807, 2.05) is 19.1 Å². The summed E-state index contributed by atoms with van der Waals surface area (Å²) >= 11 is 0. The van der Waals surface area contributed by atoms with Gasteiger partial charge in [-0.3, -0.25) is 4.98 Å². The van der Waals surface area contributed by atoms with E-state index in [2.05, 4.69) is 10.9 Å². The maximum absolute atomic E-state index is 5.77. The molecule has 0 aromatic carbocycles. The molecule has 1 aromatic rings. The Bertz CT molecular complexity index is 299. The normalized spacial score (nSPS) is 12.1. The minimum atomic E-state index is -0.130. The highest BCUT2D eigenvalue weighted by Gasteiger charge is 2.04. The third kappa shape index (κ3) is 2.08. The van der Waals surface area contributed by atoms with Crippen molar-refractivity contribution in [2.75, 3.05) is 0 Å². The van der Waals surface area contributed by atoms with Crippen molar-refractivity contribution in [2.24, 2.45) is 5.73 Å². The second-order valence-electron chi connectivity index (χ2n) is 2.77. The standard InChI is InChI=1S/C10H12N2/c1-3-4-9(11)10-7-8(2)5-6-12-10/h1,5-7,9H,4,11H2,2H3. The zero-order valence-corrected chi connectivity index (χ0v) is 7.12. The summed E-state index contributed by atoms with van der Waals surface area (Å²) in [5.74, 6) is 2.52. The second kappa shape index (κ2) is 3.89. The maximum Gasteiger partial charge on any atom is 0.0583 e. The number of pyridine rings is 1. The number of terminal acetylenes is 1. The monoisotopic (exact) mass is 160 g/mol. The van der Waals surface area contributed by atoms with E-state index in [0.29, 0.717) is 6.42 Å². The SMILES string of the molecule is C#CCC(N)c1cc(C)ccn1. The minimum Gasteiger partial charge on any atom is -0.322 e. The van der Waals surface area contributed by atoms with Gasteiger partial charge in [-0.05, 0) is 24.6 Å². The van der Waals surface area contributed by atoms with E-state index in [0.717, 1.165) is 11.3 Å². The highest BCUT2D eigenvalue weighted by molar-refractivity contribution is 5.17. The lowest BCUT2D eigenvalue weighted by Gasteiger charge is -2.06. The van der Waals surface area contributed by atoms with Crippen LogP contribution < -0.4 is 5.73 Å². The average molecular weight is 160 g/mol. The predicted octanol–water partition coefficient (Wildman–Crippen LogP) is 1.41. The van der Waals surface area contributed by atoms with E-state index in [-0.39, 0.29) is 6.04 Å². The lowest BCUT2D eigenvalue weighted by molar-refractivity contribution is 0.724. The van der Waals surface area contributed by atoms with Crippen LogP contribution in [0.5, 0.6) is 0 Å². The van der Waals surface area contributed by atoms with Gasteiger partial charge in [0, 0.05) is 12.6 Å². The Hall–Kier alpha value is -1.33. The molecule has 0 saturated heterocycles. The van der Waals surface area contributed by atoms with Gasteiger partial charge in [-0.2, -0.15) is 0 Å². The molecule has 0 aliphatic heterocycles. The molecule has 1 unspecified atom stereocenters. The Morgan fingerprint density at radius 3 is 3.08 bits per heavy atom. The molecule has 0 aliphatic rings. The zero-order valence-electron chi connectivity index (χ0n) is 7.12. The van der Waals surface area contributed by atoms with Gasteiger partial charge in [0.2, 0.25) is 0 Å². The van der Waals surface area contributed by atoms with Gasteiger partial charge in [-0.1, -0.05) is 0 Å². The zero-order chi connectivity index (χ0) is 8.97. The van der Waals surface area contributed by atoms with Crippen LogP contribution >= 0.6 is 0 Å². The van der Waals surface area contributed by atoms with Gasteiger partial charge in [-0.25, -0.2) is 0 Å². The van der Waals surface area contributed by atoms with Crippen molar-refractivity contribution in [3.05, 3.63) is 29.6 Å². The average Bonchev–Trinajstić information content (AvgIpc) is 2.05. The number of hydrogen-bond donors (Lipinski definition) is 1. The molecule has 1 atom stereocenters. The van der Waals surface area contributed by atoms with Crippen molar-refractivity contribution in [3.63, 3.8) is 0 Å². The van der Waals surface area contributed by atoms with Crippen molar-refractivity contribution >= 4 is 0 Å². The third-order valence-corrected chi connectivity index (χ3v) is 1.65. The Morgan fingerprint density at radius 2 is 2.50 bits per heavy atom. The van der Waals surface area contributed by atoms with Gasteiger partial charge in [0.15, 0.2) is 0 Å². The second-order valence-corrected chi connectivity index (χ2v) is 2.77. The molecule has 2 heteroatoms. The topological polar surface area (TPSA) is 38.9 Å². The van der Waals surface area contributed by atoms with E-state index >= 15 is 0 Å². The van der Waals surface area contributed by atoms with E-state index in [9.17, 15) is 0 Å². The van der Waals surface area contributed by atoms with Crippen LogP contribution in [0.15, 0.2) is 18.3 Å². The number of rotatable bonds is 2. The van der Waals surface area contributed by atoms with E-state index in [1.165, 1.54) is 0 Å². The largest absolute Gasteiger partial charge is 0.322 e. The van der Waals surface area contributed by atoms with E-state index in [4.69, 9.17) is 12.2 Å². The Balaban J connectivity index is 2.82. The molecule has 0 spiro atoms. The number of nitrogens with zero attached hydrogens (tertiary/aromatic N) is 1. The first-order valence-electron chi connectivity index (χ1n) is 3.85. The molecule has 0 bridgehead atoms. The van der Waals surface area contributed by atoms with Crippen molar-refractivity contribution in [3.8, 4) is 12.3 Å². The number of aromatic nitrogens is 1. The molecule has 0 radical (unpaired) electrons. The maximum atomic E-state index is 5.77. The molecule has 12 heavy (non-hydrogen) atoms. The van der Waals surface area contributed by atoms with Crippen molar-refractivity contribution in [1.82, 2.24) is 4.98 Å². The van der Waals surface area contributed by atoms with Crippen LogP contribution in [0.3, 0.4) is 0 Å². The third-order valence-electron chi connectivity index (χ3n) is 1.65. The lowest BCUT2D eigenvalue weighted by atomic mass is 10.1. The molecule has 62 valence electrons. The van der Waals surface area contributed by atoms with Gasteiger partial charge in [-0.15, -0.1) is 12.3 Å². The van der Waals surface area contributed by atoms with Crippen LogP contribution in [-0.4, -0.2) is 4.98 Å². The van der Waals surface area contributed by atoms with Crippen molar-refractivity contribution in [1.29, 1.82) is 0 Å². The number of hydrogen-bond acceptors (Lipinski definition) is 2. The Morgan fingerprint density at radius 1 is 1.75 bits per heavy atom. The number of nitrogens with two attached hydrogens (primary N) is 1. The quantitative estimate of drug-likeness (QED) is 0.664. The molecular formula is C10H12N2. The first kappa shape index (κ1) is 8.76. The Labute approximate surface area is 72.8 Å². The molecule has 0 aliphatic carbocycles. The Kier molecular flexibility index (Phi) is 2.84. The molecule has 2 N–H and O–H groups in total. The highest BCUT2D eigenvalue weighted by Crippen LogP contribution is 2.11. The highest BCUT2D eigenvalue weighted by atomic mass is 14.8. The summed E-state index contributed by atoms with van der Waals surface area (Å²) in [4.78, 5) is 4.14. The smallest absolute Gasteiger partial charge is 0.0583 e. The molecule has 2 nitrogen and oxygen atoms in total. The summed E-state index contributed by atoms with van der Waals surface area (Å²) in [6.07, 6.45) is 7.44. The van der Waals surface area contributed by atoms with Crippen LogP contribution in [-0.2, 0) is 0 Å². The first-order chi connectivity index (χ1) is 5.74. The van der Waals surface area contributed by atoms with Crippen LogP contribution in [0.1, 0.15) is 23.7 Å². The van der Waals surface area contributed by atoms with Crippen molar-refractivity contribution in [2.45, 2.75) is 19.4 Å². The fourth-order valence-electron chi connectivity index (χ4n) is 0.994. The van der Waals surface area contributed by atoms with Gasteiger partial charge >= 0.3 is 0 Å². The summed E-state index contributed by atoms with van der Waals surface area (Å²) in [6.45, 7) is 2.01. The summed E-state index contributed by atoms with van der Waals surface area (Å²) in [5.41, 5.74) is 7.80. The molecule has 0 fully saturated rings. The van der Waals surface area contributed by atoms with Crippen LogP contribution in [0.2, 0.25) is 0 Å². The summed E-state index contributed by atoms with van der Waals surface area (Å²) in [7, 11) is 0. The molecule has 1 aromatic heterocycles. The van der Waals surface area contributed by atoms with Crippen LogP contribution in [0.4, 0.5) is 0 Å². The van der Waals surface area contributed by atoms with Crippen molar-refractivity contribution < 1.29 is 0 Å². The molecular weight excluding hydrogens is 148 g/mol. The molecule has 1 heterocycles. The van der Waals surface area contributed by atoms with Gasteiger partial charge in [0.1, 0.15) is 0 Å². The predicted molar refractivity (Wildman–Crippen MR) is 49.4 cm³/mol. The summed E-state index contributed by atoms with van der Waals surface area (Å²) < 4.78 is 0. The van der Waals surface area contributed by atoms with Crippen LogP contribution in [0.25, 0.3) is 0 Å². The minimum absolute atomic E-state index is 0.130. The molecule has 1 rings (SSSR count). The first-order valence-corrected chi connectivity index (χ1v) is 3.85. The lowest BCUT2D eigenvalue weighted by Crippen LogP contribution is -2.11. The fourth-order valence-corrected chi connectivity index (χ4v) is 0.994. The molecule has 0 amide bonds. The van der Waals surface area contributed by atoms with E-state index in [1.54, 1.807) is 6.20 Å². The van der Waals surface area contributed by atoms with Gasteiger partial charge < -0.3 is 5.73 Å². The summed E-state index contributed by atoms with van der Waals surface area (Å²) in [5, 5.41) is 0. The van der Waals surface area contributed by atoms with E-state index < -0.39 is 0 Å². The molecule has 0 saturated carbocycles. The summed E-state index contributed by atoms with van der Waals surface area (Å²) in [6, 6.07) is 3.77. The van der Waals surface area contributed by atoms with Gasteiger partial charge in [0.05, 0.1) is 11.7 Å². The van der Waals surface area contributed by atoms with Crippen LogP contribution in [0, 0.1) is 19.3 Å². The number of aryl methyl sites for hydroxylation is 1. The van der Waals surface area contributed by atoms with Gasteiger partial charge in [0.25, 0.3) is 0 Å².